The lowest BCUT2D eigenvalue weighted by Crippen LogP contribution is -2.51. The number of pyridine rings is 1. The van der Waals surface area contributed by atoms with Crippen molar-refractivity contribution in [3.05, 3.63) is 66.1 Å². The van der Waals surface area contributed by atoms with Gasteiger partial charge in [-0.05, 0) is 43.6 Å². The number of hydrogen-bond donors (Lipinski definition) is 0. The van der Waals surface area contributed by atoms with E-state index in [-0.39, 0.29) is 18.1 Å². The molecular formula is C22H25N5O2. The van der Waals surface area contributed by atoms with Gasteiger partial charge in [0, 0.05) is 19.3 Å². The maximum Gasteiger partial charge on any atom is 0.256 e. The highest BCUT2D eigenvalue weighted by Crippen LogP contribution is 2.32. The van der Waals surface area contributed by atoms with Crippen LogP contribution in [0, 0.1) is 0 Å². The van der Waals surface area contributed by atoms with Crippen molar-refractivity contribution in [2.24, 2.45) is 0 Å². The Balaban J connectivity index is 1.47. The molecule has 2 aromatic heterocycles. The minimum Gasteiger partial charge on any atom is -0.373 e. The Morgan fingerprint density at radius 1 is 1.07 bits per heavy atom. The van der Waals surface area contributed by atoms with E-state index in [1.165, 1.54) is 19.2 Å². The first-order chi connectivity index (χ1) is 14.3. The van der Waals surface area contributed by atoms with Crippen LogP contribution < -0.4 is 0 Å². The minimum absolute atomic E-state index is 0.00553. The molecular weight excluding hydrogens is 366 g/mol. The van der Waals surface area contributed by atoms with Gasteiger partial charge in [-0.3, -0.25) is 4.79 Å². The van der Waals surface area contributed by atoms with Crippen molar-refractivity contribution in [1.82, 2.24) is 24.4 Å². The van der Waals surface area contributed by atoms with Gasteiger partial charge < -0.3 is 14.5 Å². The van der Waals surface area contributed by atoms with E-state index in [4.69, 9.17) is 4.74 Å². The van der Waals surface area contributed by atoms with E-state index < -0.39 is 0 Å². The topological polar surface area (TPSA) is 63.0 Å². The van der Waals surface area contributed by atoms with Gasteiger partial charge >= 0.3 is 0 Å². The van der Waals surface area contributed by atoms with Gasteiger partial charge in [0.2, 0.25) is 0 Å². The zero-order valence-corrected chi connectivity index (χ0v) is 16.4. The van der Waals surface area contributed by atoms with Gasteiger partial charge in [-0.15, -0.1) is 0 Å². The van der Waals surface area contributed by atoms with Crippen LogP contribution in [0.15, 0.2) is 55.0 Å². The fourth-order valence-electron chi connectivity index (χ4n) is 4.49. The smallest absolute Gasteiger partial charge is 0.256 e. The SMILES string of the molecule is O=C(c1ccc2ncnn2c1)N1CCO[C@@H](CN2CCCC2)[C@@H]1c1ccccc1. The van der Waals surface area contributed by atoms with Crippen molar-refractivity contribution in [1.29, 1.82) is 0 Å². The van der Waals surface area contributed by atoms with E-state index >= 15 is 0 Å². The quantitative estimate of drug-likeness (QED) is 0.683. The summed E-state index contributed by atoms with van der Waals surface area (Å²) in [6.45, 7) is 4.20. The summed E-state index contributed by atoms with van der Waals surface area (Å²) >= 11 is 0. The van der Waals surface area contributed by atoms with Crippen molar-refractivity contribution < 1.29 is 9.53 Å². The van der Waals surface area contributed by atoms with Crippen LogP contribution in [0.3, 0.4) is 0 Å². The third kappa shape index (κ3) is 3.63. The molecule has 0 unspecified atom stereocenters. The largest absolute Gasteiger partial charge is 0.373 e. The first kappa shape index (κ1) is 18.3. The number of carbonyl (C=O) groups excluding carboxylic acids is 1. The number of ether oxygens (including phenoxy) is 1. The molecule has 2 aliphatic heterocycles. The van der Waals surface area contributed by atoms with Crippen LogP contribution >= 0.6 is 0 Å². The first-order valence-corrected chi connectivity index (χ1v) is 10.3. The number of hydrogen-bond acceptors (Lipinski definition) is 5. The summed E-state index contributed by atoms with van der Waals surface area (Å²) in [7, 11) is 0. The molecule has 1 aromatic carbocycles. The van der Waals surface area contributed by atoms with Crippen molar-refractivity contribution in [3.63, 3.8) is 0 Å². The van der Waals surface area contributed by atoms with Crippen molar-refractivity contribution >= 4 is 11.6 Å². The lowest BCUT2D eigenvalue weighted by atomic mass is 9.96. The van der Waals surface area contributed by atoms with E-state index in [0.717, 1.165) is 30.8 Å². The molecule has 0 spiro atoms. The van der Waals surface area contributed by atoms with E-state index in [0.29, 0.717) is 18.7 Å². The lowest BCUT2D eigenvalue weighted by Gasteiger charge is -2.42. The Morgan fingerprint density at radius 3 is 2.72 bits per heavy atom. The molecule has 5 rings (SSSR count). The second-order valence-electron chi connectivity index (χ2n) is 7.75. The van der Waals surface area contributed by atoms with Gasteiger partial charge in [0.25, 0.3) is 5.91 Å². The Bertz CT molecular complexity index is 983. The second-order valence-corrected chi connectivity index (χ2v) is 7.75. The van der Waals surface area contributed by atoms with Crippen molar-refractivity contribution in [3.8, 4) is 0 Å². The fourth-order valence-corrected chi connectivity index (χ4v) is 4.49. The minimum atomic E-state index is -0.107. The van der Waals surface area contributed by atoms with Gasteiger partial charge in [-0.2, -0.15) is 5.10 Å². The number of aromatic nitrogens is 3. The van der Waals surface area contributed by atoms with E-state index in [9.17, 15) is 4.79 Å². The number of amides is 1. The zero-order chi connectivity index (χ0) is 19.6. The van der Waals surface area contributed by atoms with Crippen LogP contribution in [-0.4, -0.2) is 69.2 Å². The zero-order valence-electron chi connectivity index (χ0n) is 16.4. The fraction of sp³-hybridized carbons (Fsp3) is 0.409. The first-order valence-electron chi connectivity index (χ1n) is 10.3. The number of fused-ring (bicyclic) bond motifs is 1. The molecule has 3 aromatic rings. The van der Waals surface area contributed by atoms with Gasteiger partial charge in [0.05, 0.1) is 24.3 Å². The molecule has 29 heavy (non-hydrogen) atoms. The molecule has 2 fully saturated rings. The highest BCUT2D eigenvalue weighted by Gasteiger charge is 2.38. The Hall–Kier alpha value is -2.77. The molecule has 1 amide bonds. The molecule has 2 saturated heterocycles. The third-order valence-corrected chi connectivity index (χ3v) is 5.91. The van der Waals surface area contributed by atoms with E-state index in [1.807, 2.05) is 35.2 Å². The van der Waals surface area contributed by atoms with Crippen LogP contribution in [0.4, 0.5) is 0 Å². The molecule has 150 valence electrons. The normalized spacial score (nSPS) is 23.0. The number of nitrogens with zero attached hydrogens (tertiary/aromatic N) is 5. The Morgan fingerprint density at radius 2 is 1.90 bits per heavy atom. The van der Waals surface area contributed by atoms with Gasteiger partial charge in [-0.1, -0.05) is 30.3 Å². The molecule has 2 atom stereocenters. The molecule has 0 N–H and O–H groups in total. The molecule has 0 saturated carbocycles. The lowest BCUT2D eigenvalue weighted by molar-refractivity contribution is -0.0707. The second kappa shape index (κ2) is 7.93. The highest BCUT2D eigenvalue weighted by atomic mass is 16.5. The summed E-state index contributed by atoms with van der Waals surface area (Å²) in [5, 5.41) is 4.17. The van der Waals surface area contributed by atoms with Crippen LogP contribution in [0.2, 0.25) is 0 Å². The third-order valence-electron chi connectivity index (χ3n) is 5.91. The highest BCUT2D eigenvalue weighted by molar-refractivity contribution is 5.94. The molecule has 2 aliphatic rings. The summed E-state index contributed by atoms with van der Waals surface area (Å²) in [5.41, 5.74) is 2.47. The summed E-state index contributed by atoms with van der Waals surface area (Å²) < 4.78 is 7.86. The summed E-state index contributed by atoms with van der Waals surface area (Å²) in [6, 6.07) is 13.8. The summed E-state index contributed by atoms with van der Waals surface area (Å²) in [4.78, 5) is 22.1. The molecule has 4 heterocycles. The van der Waals surface area contributed by atoms with Crippen LogP contribution in [-0.2, 0) is 4.74 Å². The number of morpholine rings is 1. The molecule has 0 radical (unpaired) electrons. The summed E-state index contributed by atoms with van der Waals surface area (Å²) in [5.74, 6) is 0.00553. The number of carbonyl (C=O) groups is 1. The molecule has 7 heteroatoms. The van der Waals surface area contributed by atoms with Crippen LogP contribution in [0.1, 0.15) is 34.8 Å². The molecule has 0 bridgehead atoms. The van der Waals surface area contributed by atoms with Gasteiger partial charge in [0.15, 0.2) is 5.65 Å². The molecule has 0 aliphatic carbocycles. The monoisotopic (exact) mass is 391 g/mol. The van der Waals surface area contributed by atoms with E-state index in [2.05, 4.69) is 27.1 Å². The predicted molar refractivity (Wildman–Crippen MR) is 109 cm³/mol. The Kier molecular flexibility index (Phi) is 4.99. The molecule has 7 nitrogen and oxygen atoms in total. The van der Waals surface area contributed by atoms with Crippen molar-refractivity contribution in [2.45, 2.75) is 25.0 Å². The standard InChI is InChI=1S/C22H25N5O2/c28-22(18-8-9-20-23-16-24-27(20)14-18)26-12-13-29-19(15-25-10-4-5-11-25)21(26)17-6-2-1-3-7-17/h1-3,6-9,14,16,19,21H,4-5,10-13,15H2/t19-,21-/m0/s1. The van der Waals surface area contributed by atoms with Gasteiger partial charge in [-0.25, -0.2) is 9.50 Å². The maximum atomic E-state index is 13.5. The van der Waals surface area contributed by atoms with Crippen LogP contribution in [0.5, 0.6) is 0 Å². The van der Waals surface area contributed by atoms with Crippen LogP contribution in [0.25, 0.3) is 5.65 Å². The average molecular weight is 391 g/mol. The van der Waals surface area contributed by atoms with Gasteiger partial charge in [0.1, 0.15) is 6.33 Å². The maximum absolute atomic E-state index is 13.5. The summed E-state index contributed by atoms with van der Waals surface area (Å²) in [6.07, 6.45) is 5.70. The number of benzene rings is 1. The number of rotatable bonds is 4. The van der Waals surface area contributed by atoms with Crippen molar-refractivity contribution in [2.75, 3.05) is 32.8 Å². The Labute approximate surface area is 169 Å². The average Bonchev–Trinajstić information content (AvgIpc) is 3.45. The van der Waals surface area contributed by atoms with E-state index in [1.54, 1.807) is 10.7 Å². The predicted octanol–water partition coefficient (Wildman–Crippen LogP) is 2.41. The number of likely N-dealkylation sites (tertiary alicyclic amines) is 1.